The minimum atomic E-state index is -0.785. The third-order valence-corrected chi connectivity index (χ3v) is 8.33. The number of aliphatic carboxylic acids is 1. The monoisotopic (exact) mass is 513 g/mol. The minimum absolute atomic E-state index is 0.139. The van der Waals surface area contributed by atoms with Gasteiger partial charge in [-0.15, -0.1) is 0 Å². The maximum Gasteiger partial charge on any atom is 0.308 e. The fraction of sp³-hybridized carbons (Fsp3) is 0.276. The van der Waals surface area contributed by atoms with Crippen LogP contribution in [0, 0.1) is 29.4 Å². The summed E-state index contributed by atoms with van der Waals surface area (Å²) in [5.74, 6) is -1.47. The molecule has 2 bridgehead atoms. The zero-order chi connectivity index (χ0) is 26.0. The van der Waals surface area contributed by atoms with Gasteiger partial charge in [0, 0.05) is 41.1 Å². The van der Waals surface area contributed by atoms with Gasteiger partial charge in [-0.3, -0.25) is 4.79 Å². The van der Waals surface area contributed by atoms with E-state index in [4.69, 9.17) is 9.97 Å². The van der Waals surface area contributed by atoms with Gasteiger partial charge in [0.1, 0.15) is 17.5 Å². The fourth-order valence-corrected chi connectivity index (χ4v) is 6.55. The first-order valence-corrected chi connectivity index (χ1v) is 12.9. The Kier molecular flexibility index (Phi) is 5.21. The summed E-state index contributed by atoms with van der Waals surface area (Å²) in [6, 6.07) is 13.5. The number of hydrogen-bond donors (Lipinski definition) is 3. The molecule has 0 radical (unpaired) electrons. The topological polar surface area (TPSA) is 95.8 Å². The van der Waals surface area contributed by atoms with Gasteiger partial charge in [0.05, 0.1) is 16.8 Å². The molecule has 9 heteroatoms. The summed E-state index contributed by atoms with van der Waals surface area (Å²) in [5, 5.41) is 14.7. The van der Waals surface area contributed by atoms with Crippen LogP contribution in [0.5, 0.6) is 0 Å². The quantitative estimate of drug-likeness (QED) is 0.262. The van der Waals surface area contributed by atoms with Crippen molar-refractivity contribution < 1.29 is 18.7 Å². The number of aromatic nitrogens is 4. The molecule has 3 saturated carbocycles. The van der Waals surface area contributed by atoms with Crippen LogP contribution in [-0.2, 0) is 4.79 Å². The molecule has 2 aromatic carbocycles. The number of fused-ring (bicyclic) bond motifs is 5. The smallest absolute Gasteiger partial charge is 0.308 e. The van der Waals surface area contributed by atoms with E-state index in [1.165, 1.54) is 6.07 Å². The maximum atomic E-state index is 14.5. The molecule has 38 heavy (non-hydrogen) atoms. The lowest BCUT2D eigenvalue weighted by atomic mass is 9.61. The van der Waals surface area contributed by atoms with E-state index in [0.29, 0.717) is 28.2 Å². The van der Waals surface area contributed by atoms with E-state index >= 15 is 0 Å². The number of carboxylic acids is 1. The van der Waals surface area contributed by atoms with Crippen LogP contribution in [-0.4, -0.2) is 36.6 Å². The van der Waals surface area contributed by atoms with Crippen LogP contribution in [0.4, 0.5) is 14.6 Å². The number of H-pyrrole nitrogens is 1. The number of hydrogen-bond acceptors (Lipinski definition) is 4. The Morgan fingerprint density at radius 2 is 1.76 bits per heavy atom. The number of nitrogens with zero attached hydrogens (tertiary/aromatic N) is 3. The van der Waals surface area contributed by atoms with Gasteiger partial charge in [0.2, 0.25) is 0 Å². The molecule has 3 heterocycles. The van der Waals surface area contributed by atoms with Crippen molar-refractivity contribution in [2.45, 2.75) is 31.7 Å². The van der Waals surface area contributed by atoms with E-state index in [1.807, 2.05) is 47.2 Å². The van der Waals surface area contributed by atoms with Crippen molar-refractivity contribution in [2.75, 3.05) is 5.32 Å². The lowest BCUT2D eigenvalue weighted by Crippen LogP contribution is -2.51. The van der Waals surface area contributed by atoms with Crippen LogP contribution in [0.3, 0.4) is 0 Å². The van der Waals surface area contributed by atoms with Gasteiger partial charge in [0.25, 0.3) is 0 Å². The Labute approximate surface area is 216 Å². The van der Waals surface area contributed by atoms with Crippen LogP contribution >= 0.6 is 0 Å². The summed E-state index contributed by atoms with van der Waals surface area (Å²) in [6.07, 6.45) is 7.32. The number of halogens is 2. The molecule has 192 valence electrons. The lowest BCUT2D eigenvalue weighted by molar-refractivity contribution is -0.148. The summed E-state index contributed by atoms with van der Waals surface area (Å²) in [4.78, 5) is 24.9. The van der Waals surface area contributed by atoms with E-state index in [9.17, 15) is 18.7 Å². The van der Waals surface area contributed by atoms with Gasteiger partial charge < -0.3 is 20.0 Å². The third-order valence-electron chi connectivity index (χ3n) is 8.33. The first kappa shape index (κ1) is 22.9. The molecule has 5 aromatic rings. The molecule has 3 aliphatic carbocycles. The molecule has 0 amide bonds. The Balaban J connectivity index is 1.42. The van der Waals surface area contributed by atoms with Crippen molar-refractivity contribution in [2.24, 2.45) is 17.8 Å². The number of benzene rings is 2. The number of carboxylic acid groups (broad SMARTS) is 1. The van der Waals surface area contributed by atoms with E-state index in [-0.39, 0.29) is 23.4 Å². The molecule has 7 nitrogen and oxygen atoms in total. The van der Waals surface area contributed by atoms with Crippen LogP contribution in [0.2, 0.25) is 0 Å². The molecule has 0 spiro atoms. The normalized spacial score (nSPS) is 22.8. The number of carbonyl (C=O) groups is 1. The average Bonchev–Trinajstić information content (AvgIpc) is 3.54. The Bertz CT molecular complexity index is 1690. The first-order valence-electron chi connectivity index (χ1n) is 12.9. The van der Waals surface area contributed by atoms with E-state index in [0.717, 1.165) is 42.8 Å². The summed E-state index contributed by atoms with van der Waals surface area (Å²) < 4.78 is 30.6. The Morgan fingerprint density at radius 1 is 1.00 bits per heavy atom. The fourth-order valence-electron chi connectivity index (χ4n) is 6.55. The van der Waals surface area contributed by atoms with Crippen molar-refractivity contribution in [3.05, 3.63) is 72.6 Å². The van der Waals surface area contributed by atoms with Crippen molar-refractivity contribution in [1.29, 1.82) is 0 Å². The molecule has 0 aliphatic heterocycles. The number of nitrogens with one attached hydrogen (secondary N) is 2. The molecule has 8 rings (SSSR count). The third kappa shape index (κ3) is 3.56. The highest BCUT2D eigenvalue weighted by Gasteiger charge is 2.47. The van der Waals surface area contributed by atoms with Gasteiger partial charge in [-0.05, 0) is 61.8 Å². The van der Waals surface area contributed by atoms with Crippen LogP contribution < -0.4 is 5.32 Å². The van der Waals surface area contributed by atoms with E-state index in [1.54, 1.807) is 6.20 Å². The minimum Gasteiger partial charge on any atom is -0.481 e. The molecule has 3 fully saturated rings. The molecule has 3 N–H and O–H groups in total. The van der Waals surface area contributed by atoms with Crippen molar-refractivity contribution in [3.63, 3.8) is 0 Å². The summed E-state index contributed by atoms with van der Waals surface area (Å²) in [6.45, 7) is 0. The molecule has 0 saturated heterocycles. The van der Waals surface area contributed by atoms with Gasteiger partial charge in [-0.25, -0.2) is 18.7 Å². The number of rotatable bonds is 5. The van der Waals surface area contributed by atoms with Crippen molar-refractivity contribution >= 4 is 33.7 Å². The second-order valence-electron chi connectivity index (χ2n) is 10.4. The summed E-state index contributed by atoms with van der Waals surface area (Å²) in [5.41, 5.74) is 2.15. The molecular weight excluding hydrogens is 488 g/mol. The van der Waals surface area contributed by atoms with E-state index < -0.39 is 23.5 Å². The molecular formula is C29H25F2N5O2. The summed E-state index contributed by atoms with van der Waals surface area (Å²) in [7, 11) is 0. The first-order chi connectivity index (χ1) is 18.5. The Morgan fingerprint density at radius 3 is 2.53 bits per heavy atom. The second kappa shape index (κ2) is 8.65. The molecule has 1 unspecified atom stereocenters. The highest BCUT2D eigenvalue weighted by molar-refractivity contribution is 5.97. The van der Waals surface area contributed by atoms with Crippen molar-refractivity contribution in [3.8, 4) is 17.1 Å². The van der Waals surface area contributed by atoms with Gasteiger partial charge in [-0.2, -0.15) is 0 Å². The Hall–Kier alpha value is -4.27. The van der Waals surface area contributed by atoms with E-state index in [2.05, 4.69) is 10.3 Å². The van der Waals surface area contributed by atoms with Crippen LogP contribution in [0.15, 0.2) is 60.9 Å². The lowest BCUT2D eigenvalue weighted by Gasteiger charge is -2.47. The standard InChI is InChI=1S/C29H25F2N5O2/c30-17-12-20-21(14-32-25(20)22(31)13-17)27-34-26(33-24-16-8-6-15(7-9-16)23(24)29(37)38)19-10-11-36(28(19)35-27)18-4-2-1-3-5-18/h1-5,10-16,23-24,32H,6-9H2,(H,37,38)(H,33,34,35)/t15?,16?,23-,24?/m1/s1. The number of aromatic amines is 1. The van der Waals surface area contributed by atoms with Crippen LogP contribution in [0.25, 0.3) is 39.0 Å². The molecule has 2 atom stereocenters. The zero-order valence-electron chi connectivity index (χ0n) is 20.4. The summed E-state index contributed by atoms with van der Waals surface area (Å²) >= 11 is 0. The molecule has 3 aromatic heterocycles. The maximum absolute atomic E-state index is 14.5. The predicted molar refractivity (Wildman–Crippen MR) is 140 cm³/mol. The highest BCUT2D eigenvalue weighted by atomic mass is 19.1. The SMILES string of the molecule is O=C(O)[C@@H]1C2CCC(CC2)C1Nc1nc(-c2c[nH]c3c(F)cc(F)cc23)nc2c1ccn2-c1ccccc1. The van der Waals surface area contributed by atoms with Gasteiger partial charge >= 0.3 is 5.97 Å². The van der Waals surface area contributed by atoms with Crippen LogP contribution in [0.1, 0.15) is 25.7 Å². The highest BCUT2D eigenvalue weighted by Crippen LogP contribution is 2.47. The predicted octanol–water partition coefficient (Wildman–Crippen LogP) is 6.15. The zero-order valence-corrected chi connectivity index (χ0v) is 20.4. The molecule has 3 aliphatic rings. The largest absolute Gasteiger partial charge is 0.481 e. The number of para-hydroxylation sites is 1. The van der Waals surface area contributed by atoms with Gasteiger partial charge in [-0.1, -0.05) is 18.2 Å². The van der Waals surface area contributed by atoms with Crippen molar-refractivity contribution in [1.82, 2.24) is 19.5 Å². The second-order valence-corrected chi connectivity index (χ2v) is 10.4. The van der Waals surface area contributed by atoms with Gasteiger partial charge in [0.15, 0.2) is 11.5 Å². The average molecular weight is 514 g/mol. The number of anilines is 1.